The van der Waals surface area contributed by atoms with E-state index in [2.05, 4.69) is 35.3 Å². The summed E-state index contributed by atoms with van der Waals surface area (Å²) in [4.78, 5) is 23.1. The molecule has 0 aliphatic heterocycles. The Morgan fingerprint density at radius 3 is 2.02 bits per heavy atom. The summed E-state index contributed by atoms with van der Waals surface area (Å²) in [5, 5.41) is 2.36. The van der Waals surface area contributed by atoms with E-state index in [0.29, 0.717) is 43.2 Å². The molecule has 0 spiro atoms. The van der Waals surface area contributed by atoms with Crippen LogP contribution in [0, 0.1) is 6.92 Å². The Kier molecular flexibility index (Phi) is 14.1. The molecule has 6 aromatic rings. The first-order valence-electron chi connectivity index (χ1n) is 18.1. The fourth-order valence-electron chi connectivity index (χ4n) is 5.96. The number of aliphatic imine (C=N–C) groups is 1. The largest absolute Gasteiger partial charge is 0.488 e. The Labute approximate surface area is 317 Å². The number of carbonyl (C=O) groups excluding carboxylic acids is 1. The van der Waals surface area contributed by atoms with Crippen molar-refractivity contribution in [3.8, 4) is 5.75 Å². The Balaban J connectivity index is 1.20. The molecule has 0 aliphatic rings. The molecular formula is C46H46N2O6. The smallest absolute Gasteiger partial charge is 0.331 e. The molecule has 54 heavy (non-hydrogen) atoms. The normalized spacial score (nSPS) is 12.5. The maximum Gasteiger partial charge on any atom is 0.331 e. The first-order valence-corrected chi connectivity index (χ1v) is 18.1. The van der Waals surface area contributed by atoms with Gasteiger partial charge >= 0.3 is 5.97 Å². The molecule has 1 unspecified atom stereocenters. The van der Waals surface area contributed by atoms with Crippen LogP contribution in [0.4, 0.5) is 0 Å². The van der Waals surface area contributed by atoms with Gasteiger partial charge in [-0.25, -0.2) is 4.79 Å². The number of benzene rings is 5. The Morgan fingerprint density at radius 1 is 0.685 bits per heavy atom. The van der Waals surface area contributed by atoms with Gasteiger partial charge in [0, 0.05) is 37.1 Å². The molecule has 2 atom stereocenters. The van der Waals surface area contributed by atoms with Gasteiger partial charge in [-0.3, -0.25) is 9.98 Å². The number of rotatable bonds is 19. The number of carbonyl (C=O) groups is 1. The molecule has 0 amide bonds. The van der Waals surface area contributed by atoms with Crippen molar-refractivity contribution in [1.82, 2.24) is 4.98 Å². The second-order valence-electron chi connectivity index (χ2n) is 13.0. The average Bonchev–Trinajstić information content (AvgIpc) is 3.22. The van der Waals surface area contributed by atoms with Gasteiger partial charge in [-0.05, 0) is 46.0 Å². The van der Waals surface area contributed by atoms with Crippen LogP contribution in [0.25, 0.3) is 10.8 Å². The van der Waals surface area contributed by atoms with E-state index < -0.39 is 12.0 Å². The molecule has 8 heteroatoms. The predicted octanol–water partition coefficient (Wildman–Crippen LogP) is 8.64. The van der Waals surface area contributed by atoms with Crippen LogP contribution < -0.4 is 4.74 Å². The molecular weight excluding hydrogens is 677 g/mol. The molecule has 0 bridgehead atoms. The quantitative estimate of drug-likeness (QED) is 0.0611. The van der Waals surface area contributed by atoms with Crippen LogP contribution in [-0.2, 0) is 56.6 Å². The highest BCUT2D eigenvalue weighted by Gasteiger charge is 2.22. The minimum Gasteiger partial charge on any atom is -0.488 e. The maximum atomic E-state index is 13.6. The zero-order chi connectivity index (χ0) is 37.4. The number of aryl methyl sites for hydroxylation is 1. The first kappa shape index (κ1) is 38.1. The molecule has 6 rings (SSSR count). The van der Waals surface area contributed by atoms with Crippen molar-refractivity contribution in [2.75, 3.05) is 20.3 Å². The van der Waals surface area contributed by atoms with E-state index in [1.807, 2.05) is 110 Å². The van der Waals surface area contributed by atoms with Crippen molar-refractivity contribution in [3.63, 3.8) is 0 Å². The SMILES string of the molecule is CO[C@@H](COCc1ccc2ccccc2c1)COc1c(C)ncc(COCc2ccccc2)c1C=NC(Cc1ccccc1)C(=O)OCc1ccccc1. The lowest BCUT2D eigenvalue weighted by Gasteiger charge is -2.20. The molecule has 5 aromatic carbocycles. The zero-order valence-electron chi connectivity index (χ0n) is 30.8. The van der Waals surface area contributed by atoms with Crippen LogP contribution in [0.3, 0.4) is 0 Å². The third-order valence-electron chi connectivity index (χ3n) is 8.99. The number of ether oxygens (including phenoxy) is 5. The number of nitrogens with zero attached hydrogens (tertiary/aromatic N) is 2. The van der Waals surface area contributed by atoms with Crippen molar-refractivity contribution >= 4 is 23.0 Å². The van der Waals surface area contributed by atoms with Crippen molar-refractivity contribution < 1.29 is 28.5 Å². The van der Waals surface area contributed by atoms with Gasteiger partial charge in [0.15, 0.2) is 6.04 Å². The van der Waals surface area contributed by atoms with E-state index in [1.165, 1.54) is 10.8 Å². The van der Waals surface area contributed by atoms with E-state index in [0.717, 1.165) is 27.8 Å². The second kappa shape index (κ2) is 20.0. The van der Waals surface area contributed by atoms with Crippen molar-refractivity contribution in [3.05, 3.63) is 179 Å². The number of hydrogen-bond donors (Lipinski definition) is 0. The number of aromatic nitrogens is 1. The summed E-state index contributed by atoms with van der Waals surface area (Å²) in [6.07, 6.45) is 3.48. The van der Waals surface area contributed by atoms with Crippen LogP contribution in [0.15, 0.2) is 145 Å². The van der Waals surface area contributed by atoms with Crippen molar-refractivity contribution in [2.45, 2.75) is 51.9 Å². The Morgan fingerprint density at radius 2 is 1.31 bits per heavy atom. The van der Waals surface area contributed by atoms with E-state index in [9.17, 15) is 4.79 Å². The lowest BCUT2D eigenvalue weighted by atomic mass is 10.1. The topological polar surface area (TPSA) is 88.5 Å². The fourth-order valence-corrected chi connectivity index (χ4v) is 5.96. The number of methoxy groups -OCH3 is 1. The molecule has 8 nitrogen and oxygen atoms in total. The third kappa shape index (κ3) is 11.2. The third-order valence-corrected chi connectivity index (χ3v) is 8.99. The van der Waals surface area contributed by atoms with Crippen molar-refractivity contribution in [2.24, 2.45) is 4.99 Å². The summed E-state index contributed by atoms with van der Waals surface area (Å²) >= 11 is 0. The minimum absolute atomic E-state index is 0.156. The lowest BCUT2D eigenvalue weighted by Crippen LogP contribution is -2.27. The zero-order valence-corrected chi connectivity index (χ0v) is 30.8. The summed E-state index contributed by atoms with van der Waals surface area (Å²) in [6, 6.07) is 43.2. The van der Waals surface area contributed by atoms with Crippen LogP contribution in [0.5, 0.6) is 5.75 Å². The predicted molar refractivity (Wildman–Crippen MR) is 212 cm³/mol. The summed E-state index contributed by atoms with van der Waals surface area (Å²) in [5.41, 5.74) is 6.13. The van der Waals surface area contributed by atoms with Crippen LogP contribution in [-0.4, -0.2) is 49.6 Å². The molecule has 276 valence electrons. The first-order chi connectivity index (χ1) is 26.6. The molecule has 0 aliphatic carbocycles. The molecule has 0 radical (unpaired) electrons. The summed E-state index contributed by atoms with van der Waals surface area (Å²) in [7, 11) is 1.64. The van der Waals surface area contributed by atoms with Gasteiger partial charge < -0.3 is 23.7 Å². The van der Waals surface area contributed by atoms with Gasteiger partial charge in [0.05, 0.1) is 32.1 Å². The number of hydrogen-bond acceptors (Lipinski definition) is 8. The molecule has 1 heterocycles. The van der Waals surface area contributed by atoms with Gasteiger partial charge in [-0.2, -0.15) is 0 Å². The molecule has 1 aromatic heterocycles. The number of pyridine rings is 1. The standard InChI is InChI=1S/C46H46N2O6/c1-34-45(53-33-42(50-2)32-52-29-38-22-23-39-20-12-13-21-40(39)24-38)43(41(26-47-34)31-51-28-36-16-8-4-9-17-36)27-48-44(25-35-14-6-3-7-15-35)46(49)54-30-37-18-10-5-11-19-37/h3-24,26-27,42,44H,25,28-33H2,1-2H3/t42-,44?/m0/s1. The van der Waals surface area contributed by atoms with Gasteiger partial charge in [0.2, 0.25) is 0 Å². The fraction of sp³-hybridized carbons (Fsp3) is 0.239. The van der Waals surface area contributed by atoms with E-state index in [1.54, 1.807) is 19.5 Å². The van der Waals surface area contributed by atoms with Gasteiger partial charge in [0.1, 0.15) is 25.1 Å². The van der Waals surface area contributed by atoms with Crippen LogP contribution in [0.1, 0.15) is 39.1 Å². The van der Waals surface area contributed by atoms with E-state index in [-0.39, 0.29) is 25.9 Å². The second-order valence-corrected chi connectivity index (χ2v) is 13.0. The molecule has 0 saturated heterocycles. The molecule has 0 N–H and O–H groups in total. The Bertz CT molecular complexity index is 2090. The van der Waals surface area contributed by atoms with Crippen molar-refractivity contribution in [1.29, 1.82) is 0 Å². The minimum atomic E-state index is -0.800. The van der Waals surface area contributed by atoms with Gasteiger partial charge in [-0.1, -0.05) is 127 Å². The highest BCUT2D eigenvalue weighted by atomic mass is 16.6. The average molecular weight is 723 g/mol. The van der Waals surface area contributed by atoms with E-state index in [4.69, 9.17) is 28.7 Å². The highest BCUT2D eigenvalue weighted by molar-refractivity contribution is 5.88. The van der Waals surface area contributed by atoms with Crippen LogP contribution >= 0.6 is 0 Å². The van der Waals surface area contributed by atoms with Gasteiger partial charge in [0.25, 0.3) is 0 Å². The van der Waals surface area contributed by atoms with E-state index >= 15 is 0 Å². The molecule has 0 saturated carbocycles. The highest BCUT2D eigenvalue weighted by Crippen LogP contribution is 2.26. The lowest BCUT2D eigenvalue weighted by molar-refractivity contribution is -0.146. The summed E-state index contributed by atoms with van der Waals surface area (Å²) in [5.74, 6) is 0.115. The number of fused-ring (bicyclic) bond motifs is 1. The summed E-state index contributed by atoms with van der Waals surface area (Å²) in [6.45, 7) is 3.69. The summed E-state index contributed by atoms with van der Waals surface area (Å²) < 4.78 is 30.3. The van der Waals surface area contributed by atoms with Crippen LogP contribution in [0.2, 0.25) is 0 Å². The maximum absolute atomic E-state index is 13.6. The Hall–Kier alpha value is -5.67. The molecule has 0 fully saturated rings. The monoisotopic (exact) mass is 722 g/mol. The van der Waals surface area contributed by atoms with Gasteiger partial charge in [-0.15, -0.1) is 0 Å². The number of esters is 1.